The number of carboxylic acid groups (broad SMARTS) is 1. The Labute approximate surface area is 179 Å². The Hall–Kier alpha value is -2.14. The minimum atomic E-state index is -1.31. The van der Waals surface area contributed by atoms with E-state index >= 15 is 0 Å². The number of benzene rings is 2. The fourth-order valence-electron chi connectivity index (χ4n) is 2.94. The zero-order chi connectivity index (χ0) is 18.7. The molecule has 3 rings (SSSR count). The van der Waals surface area contributed by atoms with E-state index in [-0.39, 0.29) is 45.9 Å². The number of rotatable bonds is 5. The molecule has 132 valence electrons. The summed E-state index contributed by atoms with van der Waals surface area (Å²) in [5.74, 6) is -0.805. The Balaban J connectivity index is 0.00000261. The second-order valence-electron chi connectivity index (χ2n) is 6.21. The summed E-state index contributed by atoms with van der Waals surface area (Å²) in [6.07, 6.45) is 5.07. The molecular formula is C22H19NaO4. The van der Waals surface area contributed by atoms with Gasteiger partial charge in [0, 0.05) is 5.56 Å². The summed E-state index contributed by atoms with van der Waals surface area (Å²) >= 11 is 0. The van der Waals surface area contributed by atoms with Crippen molar-refractivity contribution < 1.29 is 43.9 Å². The van der Waals surface area contributed by atoms with Gasteiger partial charge in [0.05, 0.1) is 11.4 Å². The third-order valence-electron chi connectivity index (χ3n) is 4.35. The Bertz CT molecular complexity index is 1060. The van der Waals surface area contributed by atoms with E-state index in [1.807, 2.05) is 44.2 Å². The predicted molar refractivity (Wildman–Crippen MR) is 101 cm³/mol. The van der Waals surface area contributed by atoms with E-state index in [1.165, 1.54) is 18.2 Å². The van der Waals surface area contributed by atoms with Crippen LogP contribution in [0.3, 0.4) is 0 Å². The van der Waals surface area contributed by atoms with Crippen molar-refractivity contribution in [2.24, 2.45) is 0 Å². The van der Waals surface area contributed by atoms with Gasteiger partial charge in [-0.1, -0.05) is 43.7 Å². The first-order valence-corrected chi connectivity index (χ1v) is 8.56. The molecule has 0 spiro atoms. The molecule has 3 aromatic rings. The van der Waals surface area contributed by atoms with E-state index < -0.39 is 5.97 Å². The third-order valence-corrected chi connectivity index (χ3v) is 4.35. The molecule has 0 aliphatic rings. The van der Waals surface area contributed by atoms with E-state index in [1.54, 1.807) is 6.08 Å². The summed E-state index contributed by atoms with van der Waals surface area (Å²) < 4.78 is 5.92. The zero-order valence-electron chi connectivity index (χ0n) is 15.7. The smallest absolute Gasteiger partial charge is 0.545 e. The summed E-state index contributed by atoms with van der Waals surface area (Å²) in [5, 5.41) is 11.3. The van der Waals surface area contributed by atoms with Crippen molar-refractivity contribution in [1.82, 2.24) is 0 Å². The van der Waals surface area contributed by atoms with Crippen LogP contribution in [-0.4, -0.2) is 5.97 Å². The van der Waals surface area contributed by atoms with Crippen molar-refractivity contribution in [3.05, 3.63) is 80.7 Å². The molecule has 4 nitrogen and oxygen atoms in total. The maximum absolute atomic E-state index is 12.9. The standard InChI is InChI=1S/C22H20O4.Na/c1-3-6-17-19(11-9-15-8-5-4-7-14(15)2)26-20-12-10-16(22(24)25)13-18(20)21(17)23;/h4-5,7-13H,3,6H2,1-2H3,(H,24,25);/q;+1/p-1/b11-9+;. The number of aromatic carboxylic acids is 1. The zero-order valence-corrected chi connectivity index (χ0v) is 17.7. The van der Waals surface area contributed by atoms with Gasteiger partial charge in [0.25, 0.3) is 0 Å². The number of carbonyl (C=O) groups is 1. The summed E-state index contributed by atoms with van der Waals surface area (Å²) in [5.41, 5.74) is 2.87. The van der Waals surface area contributed by atoms with Crippen LogP contribution in [0.15, 0.2) is 51.7 Å². The normalized spacial score (nSPS) is 10.9. The molecule has 0 N–H and O–H groups in total. The van der Waals surface area contributed by atoms with Gasteiger partial charge in [-0.15, -0.1) is 0 Å². The fourth-order valence-corrected chi connectivity index (χ4v) is 2.94. The summed E-state index contributed by atoms with van der Waals surface area (Å²) in [6.45, 7) is 4.00. The maximum atomic E-state index is 12.9. The number of hydrogen-bond donors (Lipinski definition) is 0. The van der Waals surface area contributed by atoms with Gasteiger partial charge in [-0.2, -0.15) is 0 Å². The molecule has 0 saturated carbocycles. The number of aryl methyl sites for hydroxylation is 1. The summed E-state index contributed by atoms with van der Waals surface area (Å²) in [7, 11) is 0. The molecule has 0 aliphatic heterocycles. The molecule has 0 unspecified atom stereocenters. The number of carboxylic acids is 1. The monoisotopic (exact) mass is 370 g/mol. The van der Waals surface area contributed by atoms with Crippen molar-refractivity contribution >= 4 is 29.1 Å². The first-order chi connectivity index (χ1) is 12.5. The van der Waals surface area contributed by atoms with Crippen LogP contribution in [0.25, 0.3) is 23.1 Å². The number of carbonyl (C=O) groups excluding carboxylic acids is 1. The molecule has 0 radical (unpaired) electrons. The molecule has 1 aromatic heterocycles. The molecule has 2 aromatic carbocycles. The molecule has 0 bridgehead atoms. The average Bonchev–Trinajstić information content (AvgIpc) is 2.63. The molecule has 0 atom stereocenters. The maximum Gasteiger partial charge on any atom is 1.00 e. The van der Waals surface area contributed by atoms with E-state index in [2.05, 4.69) is 0 Å². The average molecular weight is 370 g/mol. The van der Waals surface area contributed by atoms with Gasteiger partial charge in [0.2, 0.25) is 0 Å². The molecular weight excluding hydrogens is 351 g/mol. The Morgan fingerprint density at radius 3 is 2.56 bits per heavy atom. The second-order valence-corrected chi connectivity index (χ2v) is 6.21. The fraction of sp³-hybridized carbons (Fsp3) is 0.182. The van der Waals surface area contributed by atoms with Crippen molar-refractivity contribution in [1.29, 1.82) is 0 Å². The van der Waals surface area contributed by atoms with Crippen molar-refractivity contribution in [3.63, 3.8) is 0 Å². The van der Waals surface area contributed by atoms with Crippen molar-refractivity contribution in [2.75, 3.05) is 0 Å². The van der Waals surface area contributed by atoms with Gasteiger partial charge in [0.15, 0.2) is 5.43 Å². The van der Waals surface area contributed by atoms with Crippen LogP contribution in [0.1, 0.15) is 46.2 Å². The molecule has 0 aliphatic carbocycles. The molecule has 0 saturated heterocycles. The molecule has 1 heterocycles. The minimum absolute atomic E-state index is 0. The van der Waals surface area contributed by atoms with E-state index in [9.17, 15) is 14.7 Å². The Kier molecular flexibility index (Phi) is 7.19. The first-order valence-electron chi connectivity index (χ1n) is 8.56. The number of hydrogen-bond acceptors (Lipinski definition) is 4. The largest absolute Gasteiger partial charge is 1.00 e. The van der Waals surface area contributed by atoms with Crippen molar-refractivity contribution in [3.8, 4) is 0 Å². The van der Waals surface area contributed by atoms with Crippen LogP contribution in [0.2, 0.25) is 0 Å². The Morgan fingerprint density at radius 1 is 1.15 bits per heavy atom. The van der Waals surface area contributed by atoms with Crippen LogP contribution >= 0.6 is 0 Å². The van der Waals surface area contributed by atoms with Crippen LogP contribution in [0, 0.1) is 6.92 Å². The SMILES string of the molecule is CCCc1c(/C=C/c2ccccc2C)oc2ccc(C(=O)[O-])cc2c1=O.[Na+]. The van der Waals surface area contributed by atoms with Gasteiger partial charge in [-0.05, 0) is 54.3 Å². The predicted octanol–water partition coefficient (Wildman–Crippen LogP) is 0.592. The van der Waals surface area contributed by atoms with Gasteiger partial charge in [0.1, 0.15) is 11.3 Å². The summed E-state index contributed by atoms with van der Waals surface area (Å²) in [6, 6.07) is 12.2. The topological polar surface area (TPSA) is 70.3 Å². The molecule has 0 amide bonds. The Morgan fingerprint density at radius 2 is 1.89 bits per heavy atom. The third kappa shape index (κ3) is 4.59. The molecule has 27 heavy (non-hydrogen) atoms. The van der Waals surface area contributed by atoms with Gasteiger partial charge in [-0.3, -0.25) is 4.79 Å². The van der Waals surface area contributed by atoms with Crippen LogP contribution in [0.4, 0.5) is 0 Å². The summed E-state index contributed by atoms with van der Waals surface area (Å²) in [4.78, 5) is 24.0. The second kappa shape index (κ2) is 9.18. The van der Waals surface area contributed by atoms with E-state index in [4.69, 9.17) is 4.42 Å². The van der Waals surface area contributed by atoms with Crippen molar-refractivity contribution in [2.45, 2.75) is 26.7 Å². The first kappa shape index (κ1) is 21.2. The van der Waals surface area contributed by atoms with E-state index in [0.29, 0.717) is 23.3 Å². The minimum Gasteiger partial charge on any atom is -0.545 e. The van der Waals surface area contributed by atoms with Gasteiger partial charge < -0.3 is 14.3 Å². The van der Waals surface area contributed by atoms with Gasteiger partial charge in [-0.25, -0.2) is 0 Å². The van der Waals surface area contributed by atoms with Gasteiger partial charge >= 0.3 is 29.6 Å². The van der Waals surface area contributed by atoms with E-state index in [0.717, 1.165) is 17.5 Å². The van der Waals surface area contributed by atoms with Crippen LogP contribution in [-0.2, 0) is 6.42 Å². The molecule has 0 fully saturated rings. The van der Waals surface area contributed by atoms with Crippen LogP contribution in [0.5, 0.6) is 0 Å². The quantitative estimate of drug-likeness (QED) is 0.617. The van der Waals surface area contributed by atoms with Crippen LogP contribution < -0.4 is 40.1 Å². The molecule has 5 heteroatoms. The number of fused-ring (bicyclic) bond motifs is 1.